The molecule has 0 bridgehead atoms. The monoisotopic (exact) mass is 445 g/mol. The van der Waals surface area contributed by atoms with Gasteiger partial charge in [0.2, 0.25) is 5.91 Å². The van der Waals surface area contributed by atoms with Gasteiger partial charge in [0, 0.05) is 17.5 Å². The topological polar surface area (TPSA) is 106 Å². The van der Waals surface area contributed by atoms with Crippen molar-refractivity contribution in [3.63, 3.8) is 0 Å². The minimum absolute atomic E-state index is 0.183. The maximum Gasteiger partial charge on any atom is 0.255 e. The van der Waals surface area contributed by atoms with Crippen molar-refractivity contribution in [3.8, 4) is 11.4 Å². The number of ether oxygens (including phenoxy) is 1. The molecular formula is C24H23N5O4. The van der Waals surface area contributed by atoms with E-state index in [1.54, 1.807) is 36.0 Å². The Morgan fingerprint density at radius 2 is 1.91 bits per heavy atom. The van der Waals surface area contributed by atoms with Crippen molar-refractivity contribution in [1.29, 1.82) is 0 Å². The molecule has 2 aliphatic heterocycles. The molecule has 3 aromatic rings. The molecule has 168 valence electrons. The highest BCUT2D eigenvalue weighted by Crippen LogP contribution is 2.37. The van der Waals surface area contributed by atoms with Gasteiger partial charge in [-0.2, -0.15) is 0 Å². The molecule has 3 amide bonds. The van der Waals surface area contributed by atoms with E-state index in [9.17, 15) is 14.4 Å². The zero-order chi connectivity index (χ0) is 23.2. The van der Waals surface area contributed by atoms with Crippen LogP contribution in [0, 0.1) is 6.92 Å². The Hall–Kier alpha value is -4.01. The van der Waals surface area contributed by atoms with E-state index in [0.717, 1.165) is 16.8 Å². The molecular weight excluding hydrogens is 422 g/mol. The zero-order valence-electron chi connectivity index (χ0n) is 18.4. The third-order valence-corrected chi connectivity index (χ3v) is 6.32. The Kier molecular flexibility index (Phi) is 4.96. The Labute approximate surface area is 190 Å². The SMILES string of the molecule is Cc1ccc(-n2cc(COc3cccc4c3CN([C@@]3(C)CCC(=O)NC3=O)C4=O)nn2)cc1. The minimum atomic E-state index is -1.09. The number of rotatable bonds is 5. The van der Waals surface area contributed by atoms with Crippen LogP contribution in [0.25, 0.3) is 5.69 Å². The fourth-order valence-corrected chi connectivity index (χ4v) is 4.23. The summed E-state index contributed by atoms with van der Waals surface area (Å²) in [7, 11) is 0. The van der Waals surface area contributed by atoms with Gasteiger partial charge < -0.3 is 9.64 Å². The molecule has 33 heavy (non-hydrogen) atoms. The lowest BCUT2D eigenvalue weighted by atomic mass is 9.89. The Balaban J connectivity index is 1.33. The highest BCUT2D eigenvalue weighted by molar-refractivity contribution is 6.07. The van der Waals surface area contributed by atoms with E-state index in [4.69, 9.17) is 4.74 Å². The first-order chi connectivity index (χ1) is 15.8. The predicted octanol–water partition coefficient (Wildman–Crippen LogP) is 2.31. The van der Waals surface area contributed by atoms with Crippen LogP contribution in [-0.2, 0) is 22.7 Å². The van der Waals surface area contributed by atoms with Crippen LogP contribution >= 0.6 is 0 Å². The molecule has 0 spiro atoms. The van der Waals surface area contributed by atoms with E-state index in [1.165, 1.54) is 4.90 Å². The van der Waals surface area contributed by atoms with Crippen molar-refractivity contribution in [3.05, 3.63) is 71.0 Å². The number of carbonyl (C=O) groups excluding carboxylic acids is 3. The summed E-state index contributed by atoms with van der Waals surface area (Å²) in [6, 6.07) is 13.2. The van der Waals surface area contributed by atoms with E-state index < -0.39 is 11.4 Å². The third kappa shape index (κ3) is 3.65. The van der Waals surface area contributed by atoms with Crippen LogP contribution in [0.1, 0.15) is 46.9 Å². The molecule has 0 saturated carbocycles. The number of nitrogens with zero attached hydrogens (tertiary/aromatic N) is 4. The number of carbonyl (C=O) groups is 3. The first-order valence-electron chi connectivity index (χ1n) is 10.7. The van der Waals surface area contributed by atoms with Crippen molar-refractivity contribution in [1.82, 2.24) is 25.2 Å². The summed E-state index contributed by atoms with van der Waals surface area (Å²) >= 11 is 0. The van der Waals surface area contributed by atoms with Gasteiger partial charge in [-0.15, -0.1) is 5.10 Å². The van der Waals surface area contributed by atoms with E-state index in [2.05, 4.69) is 15.6 Å². The summed E-state index contributed by atoms with van der Waals surface area (Å²) in [6.45, 7) is 4.14. The van der Waals surface area contributed by atoms with Gasteiger partial charge >= 0.3 is 0 Å². The second-order valence-corrected chi connectivity index (χ2v) is 8.60. The fourth-order valence-electron chi connectivity index (χ4n) is 4.23. The van der Waals surface area contributed by atoms with Gasteiger partial charge in [0.25, 0.3) is 11.8 Å². The lowest BCUT2D eigenvalue weighted by Gasteiger charge is -2.39. The number of benzene rings is 2. The lowest BCUT2D eigenvalue weighted by molar-refractivity contribution is -0.142. The van der Waals surface area contributed by atoms with Crippen molar-refractivity contribution in [2.75, 3.05) is 0 Å². The average molecular weight is 445 g/mol. The number of aromatic nitrogens is 3. The number of piperidine rings is 1. The Morgan fingerprint density at radius 1 is 1.12 bits per heavy atom. The van der Waals surface area contributed by atoms with E-state index in [1.807, 2.05) is 31.2 Å². The second-order valence-electron chi connectivity index (χ2n) is 8.60. The zero-order valence-corrected chi connectivity index (χ0v) is 18.4. The normalized spacial score (nSPS) is 20.1. The maximum atomic E-state index is 13.1. The number of hydrogen-bond donors (Lipinski definition) is 1. The van der Waals surface area contributed by atoms with Crippen molar-refractivity contribution in [2.24, 2.45) is 0 Å². The molecule has 2 aliphatic rings. The Bertz CT molecular complexity index is 1270. The van der Waals surface area contributed by atoms with Crippen molar-refractivity contribution >= 4 is 17.7 Å². The number of imide groups is 1. The highest BCUT2D eigenvalue weighted by Gasteiger charge is 2.49. The lowest BCUT2D eigenvalue weighted by Crippen LogP contribution is -2.61. The highest BCUT2D eigenvalue weighted by atomic mass is 16.5. The molecule has 5 rings (SSSR count). The van der Waals surface area contributed by atoms with Crippen molar-refractivity contribution < 1.29 is 19.1 Å². The van der Waals surface area contributed by atoms with Crippen LogP contribution in [0.3, 0.4) is 0 Å². The molecule has 1 atom stereocenters. The van der Waals surface area contributed by atoms with Crippen LogP contribution in [-0.4, -0.2) is 43.2 Å². The van der Waals surface area contributed by atoms with Crippen LogP contribution in [0.4, 0.5) is 0 Å². The molecule has 0 radical (unpaired) electrons. The fraction of sp³-hybridized carbons (Fsp3) is 0.292. The van der Waals surface area contributed by atoms with Gasteiger partial charge in [0.1, 0.15) is 23.6 Å². The van der Waals surface area contributed by atoms with Gasteiger partial charge in [0.05, 0.1) is 18.4 Å². The largest absolute Gasteiger partial charge is 0.487 e. The van der Waals surface area contributed by atoms with Crippen LogP contribution < -0.4 is 10.1 Å². The molecule has 3 heterocycles. The summed E-state index contributed by atoms with van der Waals surface area (Å²) in [5.74, 6) is -0.448. The molecule has 9 nitrogen and oxygen atoms in total. The van der Waals surface area contributed by atoms with Gasteiger partial charge in [-0.05, 0) is 44.5 Å². The molecule has 0 unspecified atom stereocenters. The predicted molar refractivity (Wildman–Crippen MR) is 118 cm³/mol. The summed E-state index contributed by atoms with van der Waals surface area (Å²) < 4.78 is 7.70. The molecule has 1 fully saturated rings. The molecule has 1 aromatic heterocycles. The summed E-state index contributed by atoms with van der Waals surface area (Å²) in [5.41, 5.74) is 2.85. The quantitative estimate of drug-likeness (QED) is 0.604. The minimum Gasteiger partial charge on any atom is -0.487 e. The molecule has 1 N–H and O–H groups in total. The summed E-state index contributed by atoms with van der Waals surface area (Å²) in [5, 5.41) is 10.7. The second kappa shape index (κ2) is 7.84. The summed E-state index contributed by atoms with van der Waals surface area (Å²) in [6.07, 6.45) is 2.29. The van der Waals surface area contributed by atoms with Gasteiger partial charge in [-0.25, -0.2) is 4.68 Å². The number of fused-ring (bicyclic) bond motifs is 1. The maximum absolute atomic E-state index is 13.1. The first kappa shape index (κ1) is 20.9. The van der Waals surface area contributed by atoms with E-state index >= 15 is 0 Å². The van der Waals surface area contributed by atoms with Crippen LogP contribution in [0.5, 0.6) is 5.75 Å². The van der Waals surface area contributed by atoms with Gasteiger partial charge in [0.15, 0.2) is 0 Å². The molecule has 2 aromatic carbocycles. The van der Waals surface area contributed by atoms with E-state index in [0.29, 0.717) is 17.0 Å². The first-order valence-corrected chi connectivity index (χ1v) is 10.7. The molecule has 0 aliphatic carbocycles. The third-order valence-electron chi connectivity index (χ3n) is 6.32. The van der Waals surface area contributed by atoms with Gasteiger partial charge in [-0.3, -0.25) is 19.7 Å². The molecule has 1 saturated heterocycles. The average Bonchev–Trinajstić information content (AvgIpc) is 3.41. The number of hydrogen-bond acceptors (Lipinski definition) is 6. The van der Waals surface area contributed by atoms with Crippen LogP contribution in [0.15, 0.2) is 48.7 Å². The number of nitrogens with one attached hydrogen (secondary N) is 1. The van der Waals surface area contributed by atoms with E-state index in [-0.39, 0.29) is 37.8 Å². The Morgan fingerprint density at radius 3 is 2.67 bits per heavy atom. The van der Waals surface area contributed by atoms with Gasteiger partial charge in [-0.1, -0.05) is 29.0 Å². The van der Waals surface area contributed by atoms with Crippen molar-refractivity contribution in [2.45, 2.75) is 45.4 Å². The molecule has 9 heteroatoms. The number of aryl methyl sites for hydroxylation is 1. The summed E-state index contributed by atoms with van der Waals surface area (Å²) in [4.78, 5) is 38.8. The number of amides is 3. The smallest absolute Gasteiger partial charge is 0.255 e. The van der Waals surface area contributed by atoms with Crippen LogP contribution in [0.2, 0.25) is 0 Å². The standard InChI is InChI=1S/C24H23N5O4/c1-15-6-8-17(9-7-15)29-12-16(26-27-29)14-33-20-5-3-4-18-19(20)13-28(22(18)31)24(2)11-10-21(30)25-23(24)32/h3-9,12H,10-11,13-14H2,1-2H3,(H,25,30,32)/t24-/m0/s1.